The monoisotopic (exact) mass is 258 g/mol. The van der Waals surface area contributed by atoms with Crippen LogP contribution in [0.25, 0.3) is 0 Å². The van der Waals surface area contributed by atoms with Crippen LogP contribution in [0.2, 0.25) is 0 Å². The number of hydrogen-bond acceptors (Lipinski definition) is 1. The number of alkyl halides is 1. The van der Waals surface area contributed by atoms with Gasteiger partial charge in [-0.05, 0) is 17.7 Å². The van der Waals surface area contributed by atoms with E-state index >= 15 is 0 Å². The molecule has 1 aromatic carbocycles. The maximum atomic E-state index is 13.9. The van der Waals surface area contributed by atoms with Crippen LogP contribution in [0.3, 0.4) is 0 Å². The molecule has 0 amide bonds. The van der Waals surface area contributed by atoms with E-state index < -0.39 is 17.6 Å². The van der Waals surface area contributed by atoms with Gasteiger partial charge >= 0.3 is 5.97 Å². The molecule has 0 radical (unpaired) electrons. The fourth-order valence-corrected chi connectivity index (χ4v) is 1.99. The molecule has 1 aliphatic rings. The van der Waals surface area contributed by atoms with E-state index in [2.05, 4.69) is 15.9 Å². The SMILES string of the molecule is O=C(O)[C@H]1C[C@]1(F)c1cccc(Br)c1. The van der Waals surface area contributed by atoms with Crippen molar-refractivity contribution in [2.45, 2.75) is 12.1 Å². The van der Waals surface area contributed by atoms with Crippen molar-refractivity contribution in [1.29, 1.82) is 0 Å². The Morgan fingerprint density at radius 1 is 1.64 bits per heavy atom. The van der Waals surface area contributed by atoms with Crippen molar-refractivity contribution in [3.63, 3.8) is 0 Å². The van der Waals surface area contributed by atoms with Gasteiger partial charge in [0.25, 0.3) is 0 Å². The molecule has 0 spiro atoms. The lowest BCUT2D eigenvalue weighted by Gasteiger charge is -2.06. The largest absolute Gasteiger partial charge is 0.481 e. The van der Waals surface area contributed by atoms with Crippen LogP contribution in [-0.4, -0.2) is 11.1 Å². The van der Waals surface area contributed by atoms with Crippen LogP contribution in [-0.2, 0) is 10.5 Å². The standard InChI is InChI=1S/C10H8BrFO2/c11-7-3-1-2-6(4-7)10(12)5-8(10)9(13)14/h1-4,8H,5H2,(H,13,14)/t8-,10+/m1/s1. The number of carboxylic acids is 1. The molecule has 14 heavy (non-hydrogen) atoms. The van der Waals surface area contributed by atoms with Crippen molar-refractivity contribution >= 4 is 21.9 Å². The third kappa shape index (κ3) is 1.43. The second kappa shape index (κ2) is 3.05. The third-order valence-corrected chi connectivity index (χ3v) is 2.99. The molecule has 4 heteroatoms. The number of hydrogen-bond donors (Lipinski definition) is 1. The molecular weight excluding hydrogens is 251 g/mol. The topological polar surface area (TPSA) is 37.3 Å². The van der Waals surface area contributed by atoms with E-state index in [-0.39, 0.29) is 6.42 Å². The Hall–Kier alpha value is -0.900. The molecule has 1 N–H and O–H groups in total. The van der Waals surface area contributed by atoms with Crippen LogP contribution in [0.4, 0.5) is 4.39 Å². The molecular formula is C10H8BrFO2. The van der Waals surface area contributed by atoms with Gasteiger partial charge in [-0.1, -0.05) is 28.1 Å². The summed E-state index contributed by atoms with van der Waals surface area (Å²) in [4.78, 5) is 10.6. The predicted molar refractivity (Wildman–Crippen MR) is 52.7 cm³/mol. The summed E-state index contributed by atoms with van der Waals surface area (Å²) < 4.78 is 14.7. The van der Waals surface area contributed by atoms with Crippen molar-refractivity contribution in [2.75, 3.05) is 0 Å². The second-order valence-corrected chi connectivity index (χ2v) is 4.38. The number of halogens is 2. The van der Waals surface area contributed by atoms with Gasteiger partial charge in [0.05, 0.1) is 5.92 Å². The molecule has 1 fully saturated rings. The fraction of sp³-hybridized carbons (Fsp3) is 0.300. The molecule has 1 saturated carbocycles. The van der Waals surface area contributed by atoms with Gasteiger partial charge < -0.3 is 5.11 Å². The Balaban J connectivity index is 2.30. The molecule has 74 valence electrons. The molecule has 2 rings (SSSR count). The van der Waals surface area contributed by atoms with Crippen molar-refractivity contribution in [3.8, 4) is 0 Å². The van der Waals surface area contributed by atoms with Gasteiger partial charge in [0, 0.05) is 10.9 Å². The maximum absolute atomic E-state index is 13.9. The molecule has 0 bridgehead atoms. The maximum Gasteiger partial charge on any atom is 0.310 e. The number of carboxylic acid groups (broad SMARTS) is 1. The summed E-state index contributed by atoms with van der Waals surface area (Å²) in [5.74, 6) is -1.94. The summed E-state index contributed by atoms with van der Waals surface area (Å²) >= 11 is 3.23. The molecule has 0 unspecified atom stereocenters. The molecule has 1 aromatic rings. The Morgan fingerprint density at radius 3 is 2.86 bits per heavy atom. The minimum Gasteiger partial charge on any atom is -0.481 e. The van der Waals surface area contributed by atoms with Crippen LogP contribution in [0.1, 0.15) is 12.0 Å². The van der Waals surface area contributed by atoms with Crippen LogP contribution < -0.4 is 0 Å². The average molecular weight is 259 g/mol. The van der Waals surface area contributed by atoms with Gasteiger partial charge in [-0.2, -0.15) is 0 Å². The molecule has 0 heterocycles. The first-order valence-electron chi connectivity index (χ1n) is 4.22. The van der Waals surface area contributed by atoms with Crippen molar-refractivity contribution in [3.05, 3.63) is 34.3 Å². The van der Waals surface area contributed by atoms with E-state index in [4.69, 9.17) is 5.11 Å². The van der Waals surface area contributed by atoms with E-state index in [1.807, 2.05) is 0 Å². The lowest BCUT2D eigenvalue weighted by Crippen LogP contribution is -2.09. The number of carbonyl (C=O) groups is 1. The molecule has 1 aliphatic carbocycles. The number of rotatable bonds is 2. The van der Waals surface area contributed by atoms with Crippen LogP contribution >= 0.6 is 15.9 Å². The Bertz CT molecular complexity index is 393. The number of aliphatic carboxylic acids is 1. The zero-order valence-corrected chi connectivity index (χ0v) is 8.79. The quantitative estimate of drug-likeness (QED) is 0.886. The minimum atomic E-state index is -1.66. The first-order chi connectivity index (χ1) is 6.54. The molecule has 2 nitrogen and oxygen atoms in total. The van der Waals surface area contributed by atoms with Gasteiger partial charge in [-0.3, -0.25) is 4.79 Å². The van der Waals surface area contributed by atoms with E-state index in [1.54, 1.807) is 24.3 Å². The fourth-order valence-electron chi connectivity index (χ4n) is 1.59. The van der Waals surface area contributed by atoms with Gasteiger partial charge in [-0.15, -0.1) is 0 Å². The van der Waals surface area contributed by atoms with Crippen LogP contribution in [0.15, 0.2) is 28.7 Å². The third-order valence-electron chi connectivity index (χ3n) is 2.50. The molecule has 2 atom stereocenters. The van der Waals surface area contributed by atoms with E-state index in [9.17, 15) is 9.18 Å². The van der Waals surface area contributed by atoms with Gasteiger partial charge in [0.1, 0.15) is 5.67 Å². The zero-order chi connectivity index (χ0) is 10.3. The highest BCUT2D eigenvalue weighted by atomic mass is 79.9. The Morgan fingerprint density at radius 2 is 2.36 bits per heavy atom. The lowest BCUT2D eigenvalue weighted by atomic mass is 10.1. The van der Waals surface area contributed by atoms with Crippen LogP contribution in [0, 0.1) is 5.92 Å². The van der Waals surface area contributed by atoms with Gasteiger partial charge in [-0.25, -0.2) is 4.39 Å². The van der Waals surface area contributed by atoms with E-state index in [0.29, 0.717) is 5.56 Å². The zero-order valence-electron chi connectivity index (χ0n) is 7.21. The average Bonchev–Trinajstić information content (AvgIpc) is 2.80. The first kappa shape index (κ1) is 9.65. The highest BCUT2D eigenvalue weighted by Crippen LogP contribution is 2.55. The molecule has 0 aliphatic heterocycles. The first-order valence-corrected chi connectivity index (χ1v) is 5.01. The van der Waals surface area contributed by atoms with Crippen LogP contribution in [0.5, 0.6) is 0 Å². The number of benzene rings is 1. The van der Waals surface area contributed by atoms with Crippen molar-refractivity contribution in [2.24, 2.45) is 5.92 Å². The highest BCUT2D eigenvalue weighted by molar-refractivity contribution is 9.10. The minimum absolute atomic E-state index is 0.0821. The van der Waals surface area contributed by atoms with Gasteiger partial charge in [0.15, 0.2) is 0 Å². The van der Waals surface area contributed by atoms with E-state index in [0.717, 1.165) is 4.47 Å². The summed E-state index contributed by atoms with van der Waals surface area (Å²) in [6.45, 7) is 0. The smallest absolute Gasteiger partial charge is 0.310 e. The summed E-state index contributed by atoms with van der Waals surface area (Å²) in [7, 11) is 0. The summed E-state index contributed by atoms with van der Waals surface area (Å²) in [5.41, 5.74) is -1.21. The summed E-state index contributed by atoms with van der Waals surface area (Å²) in [6.07, 6.45) is 0.0821. The molecule has 0 saturated heterocycles. The van der Waals surface area contributed by atoms with E-state index in [1.165, 1.54) is 0 Å². The summed E-state index contributed by atoms with van der Waals surface area (Å²) in [5, 5.41) is 8.67. The predicted octanol–water partition coefficient (Wildman–Crippen LogP) is 2.72. The second-order valence-electron chi connectivity index (χ2n) is 3.47. The normalized spacial score (nSPS) is 30.0. The van der Waals surface area contributed by atoms with Gasteiger partial charge in [0.2, 0.25) is 0 Å². The molecule has 0 aromatic heterocycles. The summed E-state index contributed by atoms with van der Waals surface area (Å²) in [6, 6.07) is 6.74. The Kier molecular flexibility index (Phi) is 2.10. The highest BCUT2D eigenvalue weighted by Gasteiger charge is 2.61. The lowest BCUT2D eigenvalue weighted by molar-refractivity contribution is -0.139. The Labute approximate surface area is 88.9 Å². The van der Waals surface area contributed by atoms with Crippen molar-refractivity contribution in [1.82, 2.24) is 0 Å². The van der Waals surface area contributed by atoms with Crippen molar-refractivity contribution < 1.29 is 14.3 Å².